The summed E-state index contributed by atoms with van der Waals surface area (Å²) in [5, 5.41) is 7.03. The molecule has 0 saturated carbocycles. The third kappa shape index (κ3) is 2.78. The second-order valence-electron chi connectivity index (χ2n) is 9.43. The number of aromatic nitrogens is 3. The van der Waals surface area contributed by atoms with E-state index in [4.69, 9.17) is 14.4 Å². The lowest BCUT2D eigenvalue weighted by atomic mass is 10.0. The van der Waals surface area contributed by atoms with Crippen molar-refractivity contribution in [2.24, 2.45) is 0 Å². The molecule has 0 unspecified atom stereocenters. The van der Waals surface area contributed by atoms with Gasteiger partial charge in [0.05, 0.1) is 19.3 Å². The quantitative estimate of drug-likeness (QED) is 0.228. The molecule has 6 aromatic rings. The third-order valence-electron chi connectivity index (χ3n) is 6.21. The van der Waals surface area contributed by atoms with E-state index in [2.05, 4.69) is 79.2 Å². The normalized spacial score (nSPS) is 12.4. The minimum atomic E-state index is -1.57. The highest BCUT2D eigenvalue weighted by Gasteiger charge is 2.22. The Morgan fingerprint density at radius 1 is 0.781 bits per heavy atom. The SMILES string of the molecule is Cc1ccc2c(n1)oc1c(-c3ncnc4c3ccc3cccc([Si](C)(C)C)c34)cccc12. The van der Waals surface area contributed by atoms with E-state index in [9.17, 15) is 0 Å². The number of para-hydroxylation sites is 1. The first-order chi connectivity index (χ1) is 15.4. The topological polar surface area (TPSA) is 51.8 Å². The van der Waals surface area contributed by atoms with E-state index in [1.54, 1.807) is 6.33 Å². The van der Waals surface area contributed by atoms with Crippen LogP contribution in [-0.4, -0.2) is 23.0 Å². The van der Waals surface area contributed by atoms with Gasteiger partial charge in [0.25, 0.3) is 0 Å². The van der Waals surface area contributed by atoms with Crippen LogP contribution in [0.5, 0.6) is 0 Å². The molecule has 0 N–H and O–H groups in total. The molecule has 0 radical (unpaired) electrons. The van der Waals surface area contributed by atoms with Crippen molar-refractivity contribution in [3.8, 4) is 11.3 Å². The van der Waals surface area contributed by atoms with Gasteiger partial charge in [0.1, 0.15) is 11.9 Å². The maximum absolute atomic E-state index is 6.27. The van der Waals surface area contributed by atoms with Gasteiger partial charge in [0.2, 0.25) is 5.71 Å². The van der Waals surface area contributed by atoms with E-state index in [-0.39, 0.29) is 0 Å². The number of benzene rings is 3. The Labute approximate surface area is 187 Å². The van der Waals surface area contributed by atoms with E-state index in [1.807, 2.05) is 13.0 Å². The van der Waals surface area contributed by atoms with Gasteiger partial charge in [-0.2, -0.15) is 0 Å². The Hall–Kier alpha value is -3.57. The maximum atomic E-state index is 6.27. The molecule has 0 spiro atoms. The molecule has 0 fully saturated rings. The van der Waals surface area contributed by atoms with E-state index in [1.165, 1.54) is 16.0 Å². The van der Waals surface area contributed by atoms with Crippen molar-refractivity contribution < 1.29 is 4.42 Å². The zero-order valence-electron chi connectivity index (χ0n) is 18.6. The number of rotatable bonds is 2. The molecule has 156 valence electrons. The predicted molar refractivity (Wildman–Crippen MR) is 135 cm³/mol. The van der Waals surface area contributed by atoms with Gasteiger partial charge in [-0.3, -0.25) is 0 Å². The number of fused-ring (bicyclic) bond motifs is 6. The summed E-state index contributed by atoms with van der Waals surface area (Å²) in [4.78, 5) is 14.1. The number of pyridine rings is 1. The maximum Gasteiger partial charge on any atom is 0.227 e. The van der Waals surface area contributed by atoms with E-state index < -0.39 is 8.07 Å². The second kappa shape index (κ2) is 6.71. The average Bonchev–Trinajstić information content (AvgIpc) is 3.15. The minimum absolute atomic E-state index is 0.664. The highest BCUT2D eigenvalue weighted by molar-refractivity contribution is 6.90. The largest absolute Gasteiger partial charge is 0.437 e. The average molecular weight is 434 g/mol. The molecule has 3 aromatic carbocycles. The standard InChI is InChI=1S/C27H23N3OSi/c1-16-11-13-19-18-8-6-9-21(26(18)31-27(19)30-16)24-20-14-12-17-7-5-10-22(32(2,3)4)23(17)25(20)29-15-28-24/h5-15H,1-4H3. The molecule has 0 aliphatic heterocycles. The number of nitrogens with zero attached hydrogens (tertiary/aromatic N) is 3. The molecule has 3 aromatic heterocycles. The smallest absolute Gasteiger partial charge is 0.227 e. The highest BCUT2D eigenvalue weighted by Crippen LogP contribution is 2.37. The van der Waals surface area contributed by atoms with Gasteiger partial charge in [-0.05, 0) is 36.6 Å². The molecule has 6 rings (SSSR count). The van der Waals surface area contributed by atoms with Crippen molar-refractivity contribution in [3.05, 3.63) is 72.7 Å². The fraction of sp³-hybridized carbons (Fsp3) is 0.148. The van der Waals surface area contributed by atoms with Crippen molar-refractivity contribution in [1.29, 1.82) is 0 Å². The molecule has 0 atom stereocenters. The third-order valence-corrected chi connectivity index (χ3v) is 8.25. The Morgan fingerprint density at radius 3 is 2.44 bits per heavy atom. The van der Waals surface area contributed by atoms with Crippen LogP contribution in [0.2, 0.25) is 19.6 Å². The van der Waals surface area contributed by atoms with Crippen molar-refractivity contribution in [1.82, 2.24) is 15.0 Å². The highest BCUT2D eigenvalue weighted by atomic mass is 28.3. The van der Waals surface area contributed by atoms with Crippen molar-refractivity contribution in [2.75, 3.05) is 0 Å². The van der Waals surface area contributed by atoms with Crippen LogP contribution in [0.15, 0.2) is 71.4 Å². The van der Waals surface area contributed by atoms with Crippen LogP contribution >= 0.6 is 0 Å². The first kappa shape index (κ1) is 19.1. The number of hydrogen-bond donors (Lipinski definition) is 0. The Morgan fingerprint density at radius 2 is 1.59 bits per heavy atom. The number of hydrogen-bond acceptors (Lipinski definition) is 4. The summed E-state index contributed by atoms with van der Waals surface area (Å²) in [5.41, 5.74) is 5.29. The molecule has 3 heterocycles. The fourth-order valence-corrected chi connectivity index (χ4v) is 6.31. The lowest BCUT2D eigenvalue weighted by Gasteiger charge is -2.20. The summed E-state index contributed by atoms with van der Waals surface area (Å²) in [7, 11) is -1.57. The Bertz CT molecular complexity index is 1680. The lowest BCUT2D eigenvalue weighted by molar-refractivity contribution is 0.653. The second-order valence-corrected chi connectivity index (χ2v) is 14.5. The van der Waals surface area contributed by atoms with Gasteiger partial charge in [-0.1, -0.05) is 61.2 Å². The summed E-state index contributed by atoms with van der Waals surface area (Å²) in [6.45, 7) is 9.12. The van der Waals surface area contributed by atoms with Crippen LogP contribution in [0.25, 0.3) is 55.0 Å². The van der Waals surface area contributed by atoms with Crippen LogP contribution in [-0.2, 0) is 0 Å². The van der Waals surface area contributed by atoms with Crippen molar-refractivity contribution >= 4 is 57.0 Å². The van der Waals surface area contributed by atoms with Crippen molar-refractivity contribution in [3.63, 3.8) is 0 Å². The zero-order chi connectivity index (χ0) is 22.0. The summed E-state index contributed by atoms with van der Waals surface area (Å²) in [6, 6.07) is 21.3. The van der Waals surface area contributed by atoms with Gasteiger partial charge in [-0.25, -0.2) is 15.0 Å². The molecular weight excluding hydrogens is 410 g/mol. The van der Waals surface area contributed by atoms with E-state index in [0.717, 1.165) is 44.2 Å². The van der Waals surface area contributed by atoms with Gasteiger partial charge in [0.15, 0.2) is 0 Å². The molecule has 32 heavy (non-hydrogen) atoms. The van der Waals surface area contributed by atoms with Gasteiger partial charge in [-0.15, -0.1) is 0 Å². The molecule has 0 amide bonds. The van der Waals surface area contributed by atoms with Crippen LogP contribution < -0.4 is 5.19 Å². The molecular formula is C27H23N3OSi. The first-order valence-corrected chi connectivity index (χ1v) is 14.4. The van der Waals surface area contributed by atoms with Gasteiger partial charge >= 0.3 is 0 Å². The lowest BCUT2D eigenvalue weighted by Crippen LogP contribution is -2.38. The zero-order valence-corrected chi connectivity index (χ0v) is 19.6. The first-order valence-electron chi connectivity index (χ1n) is 10.9. The summed E-state index contributed by atoms with van der Waals surface area (Å²) >= 11 is 0. The van der Waals surface area contributed by atoms with Gasteiger partial charge < -0.3 is 4.42 Å². The van der Waals surface area contributed by atoms with Crippen LogP contribution in [0.1, 0.15) is 5.69 Å². The van der Waals surface area contributed by atoms with E-state index >= 15 is 0 Å². The summed E-state index contributed by atoms with van der Waals surface area (Å²) in [5.74, 6) is 0. The van der Waals surface area contributed by atoms with Crippen molar-refractivity contribution in [2.45, 2.75) is 26.6 Å². The molecule has 4 nitrogen and oxygen atoms in total. The summed E-state index contributed by atoms with van der Waals surface area (Å²) < 4.78 is 6.27. The Balaban J connectivity index is 1.72. The molecule has 0 aliphatic rings. The molecule has 0 saturated heterocycles. The van der Waals surface area contributed by atoms with Gasteiger partial charge in [0, 0.05) is 32.8 Å². The van der Waals surface area contributed by atoms with Crippen LogP contribution in [0.3, 0.4) is 0 Å². The number of furan rings is 1. The monoisotopic (exact) mass is 433 g/mol. The number of aryl methyl sites for hydroxylation is 1. The molecule has 0 aliphatic carbocycles. The minimum Gasteiger partial charge on any atom is -0.437 e. The molecule has 0 bridgehead atoms. The van der Waals surface area contributed by atoms with Crippen LogP contribution in [0, 0.1) is 6.92 Å². The summed E-state index contributed by atoms with van der Waals surface area (Å²) in [6.07, 6.45) is 1.68. The predicted octanol–water partition coefficient (Wildman–Crippen LogP) is 6.60. The molecule has 5 heteroatoms. The van der Waals surface area contributed by atoms with Crippen LogP contribution in [0.4, 0.5) is 0 Å². The van der Waals surface area contributed by atoms with E-state index in [0.29, 0.717) is 5.71 Å². The fourth-order valence-electron chi connectivity index (χ4n) is 4.70. The Kier molecular flexibility index (Phi) is 4.01.